The van der Waals surface area contributed by atoms with Crippen molar-refractivity contribution in [1.29, 1.82) is 0 Å². The lowest BCUT2D eigenvalue weighted by Gasteiger charge is -2.31. The van der Waals surface area contributed by atoms with E-state index in [1.54, 1.807) is 0 Å². The van der Waals surface area contributed by atoms with Crippen molar-refractivity contribution in [3.05, 3.63) is 16.5 Å². The van der Waals surface area contributed by atoms with E-state index in [9.17, 15) is 5.11 Å². The molecular formula is C14H22BrN3O. The number of nitrogens with one attached hydrogen (secondary N) is 1. The van der Waals surface area contributed by atoms with E-state index in [-0.39, 0.29) is 18.1 Å². The zero-order valence-corrected chi connectivity index (χ0v) is 13.4. The van der Waals surface area contributed by atoms with E-state index in [1.165, 1.54) is 12.8 Å². The summed E-state index contributed by atoms with van der Waals surface area (Å²) in [4.78, 5) is 9.02. The molecule has 0 bridgehead atoms. The fourth-order valence-electron chi connectivity index (χ4n) is 2.06. The largest absolute Gasteiger partial charge is 0.396 e. The number of hydrogen-bond donors (Lipinski definition) is 2. The molecular weight excluding hydrogens is 306 g/mol. The van der Waals surface area contributed by atoms with Gasteiger partial charge in [-0.15, -0.1) is 0 Å². The van der Waals surface area contributed by atoms with Crippen LogP contribution in [0.15, 0.2) is 10.7 Å². The summed E-state index contributed by atoms with van der Waals surface area (Å²) < 4.78 is 0.823. The normalized spacial score (nSPS) is 17.3. The van der Waals surface area contributed by atoms with Crippen LogP contribution in [0, 0.1) is 5.41 Å². The van der Waals surface area contributed by atoms with Crippen molar-refractivity contribution in [3.8, 4) is 0 Å². The van der Waals surface area contributed by atoms with Crippen molar-refractivity contribution in [1.82, 2.24) is 9.97 Å². The molecule has 2 rings (SSSR count). The second-order valence-corrected chi connectivity index (χ2v) is 7.10. The molecule has 0 spiro atoms. The highest BCUT2D eigenvalue weighted by atomic mass is 79.9. The van der Waals surface area contributed by atoms with Gasteiger partial charge in [-0.05, 0) is 40.6 Å². The molecule has 1 aliphatic carbocycles. The zero-order chi connectivity index (χ0) is 14.0. The van der Waals surface area contributed by atoms with Crippen LogP contribution in [-0.2, 0) is 0 Å². The predicted octanol–water partition coefficient (Wildman–Crippen LogP) is 3.33. The number of aromatic nitrogens is 2. The Morgan fingerprint density at radius 2 is 2.11 bits per heavy atom. The number of rotatable bonds is 5. The summed E-state index contributed by atoms with van der Waals surface area (Å²) >= 11 is 3.45. The van der Waals surface area contributed by atoms with Crippen LogP contribution >= 0.6 is 15.9 Å². The highest BCUT2D eigenvalue weighted by molar-refractivity contribution is 9.10. The molecule has 1 aliphatic rings. The van der Waals surface area contributed by atoms with Gasteiger partial charge in [0, 0.05) is 24.6 Å². The number of hydrogen-bond acceptors (Lipinski definition) is 4. The van der Waals surface area contributed by atoms with Crippen LogP contribution in [0.25, 0.3) is 0 Å². The fraction of sp³-hybridized carbons (Fsp3) is 0.714. The molecule has 1 fully saturated rings. The van der Waals surface area contributed by atoms with E-state index in [0.717, 1.165) is 16.2 Å². The molecule has 1 heterocycles. The quantitative estimate of drug-likeness (QED) is 0.814. The van der Waals surface area contributed by atoms with Gasteiger partial charge in [0.15, 0.2) is 0 Å². The van der Waals surface area contributed by atoms with Crippen molar-refractivity contribution in [3.63, 3.8) is 0 Å². The first-order valence-electron chi connectivity index (χ1n) is 6.82. The van der Waals surface area contributed by atoms with E-state index in [0.29, 0.717) is 12.3 Å². The molecule has 1 aromatic heterocycles. The molecule has 0 saturated heterocycles. The Morgan fingerprint density at radius 1 is 1.42 bits per heavy atom. The van der Waals surface area contributed by atoms with Crippen LogP contribution in [0.4, 0.5) is 5.82 Å². The van der Waals surface area contributed by atoms with Crippen molar-refractivity contribution in [2.24, 2.45) is 5.41 Å². The van der Waals surface area contributed by atoms with Gasteiger partial charge in [0.1, 0.15) is 16.2 Å². The monoisotopic (exact) mass is 327 g/mol. The summed E-state index contributed by atoms with van der Waals surface area (Å²) in [5.41, 5.74) is 0.0693. The minimum Gasteiger partial charge on any atom is -0.396 e. The molecule has 1 unspecified atom stereocenters. The fourth-order valence-corrected chi connectivity index (χ4v) is 2.46. The lowest BCUT2D eigenvalue weighted by atomic mass is 9.85. The molecule has 1 atom stereocenters. The summed E-state index contributed by atoms with van der Waals surface area (Å²) in [6.45, 7) is 6.67. The summed E-state index contributed by atoms with van der Waals surface area (Å²) in [7, 11) is 0. The number of anilines is 1. The summed E-state index contributed by atoms with van der Waals surface area (Å²) in [6.07, 6.45) is 3.09. The van der Waals surface area contributed by atoms with Gasteiger partial charge < -0.3 is 10.4 Å². The van der Waals surface area contributed by atoms with E-state index < -0.39 is 0 Å². The van der Waals surface area contributed by atoms with E-state index in [1.807, 2.05) is 6.07 Å². The second-order valence-electron chi connectivity index (χ2n) is 6.28. The van der Waals surface area contributed by atoms with Gasteiger partial charge in [0.05, 0.1) is 0 Å². The van der Waals surface area contributed by atoms with Crippen LogP contribution in [0.1, 0.15) is 51.8 Å². The Hall–Kier alpha value is -0.680. The van der Waals surface area contributed by atoms with Crippen molar-refractivity contribution < 1.29 is 5.11 Å². The molecule has 106 valence electrons. The molecule has 1 saturated carbocycles. The maximum atomic E-state index is 9.20. The molecule has 0 aromatic carbocycles. The number of halogens is 1. The smallest absolute Gasteiger partial charge is 0.135 e. The van der Waals surface area contributed by atoms with Gasteiger partial charge in [0.25, 0.3) is 0 Å². The third-order valence-corrected chi connectivity index (χ3v) is 3.85. The van der Waals surface area contributed by atoms with Gasteiger partial charge in [-0.3, -0.25) is 0 Å². The Morgan fingerprint density at radius 3 is 2.63 bits per heavy atom. The minimum atomic E-state index is 0.0693. The van der Waals surface area contributed by atoms with E-state index >= 15 is 0 Å². The first kappa shape index (κ1) is 14.7. The molecule has 5 heteroatoms. The SMILES string of the molecule is CC(C)(C)C(CCO)Nc1cc(Br)nc(C2CC2)n1. The van der Waals surface area contributed by atoms with Crippen LogP contribution in [0.5, 0.6) is 0 Å². The summed E-state index contributed by atoms with van der Waals surface area (Å²) in [6, 6.07) is 2.09. The van der Waals surface area contributed by atoms with Crippen LogP contribution in [0.3, 0.4) is 0 Å². The molecule has 0 radical (unpaired) electrons. The van der Waals surface area contributed by atoms with Gasteiger partial charge in [-0.2, -0.15) is 0 Å². The highest BCUT2D eigenvalue weighted by Crippen LogP contribution is 2.39. The molecule has 19 heavy (non-hydrogen) atoms. The van der Waals surface area contributed by atoms with Gasteiger partial charge in [0.2, 0.25) is 0 Å². The minimum absolute atomic E-state index is 0.0693. The van der Waals surface area contributed by atoms with Crippen LogP contribution in [-0.4, -0.2) is 27.7 Å². The Bertz CT molecular complexity index is 441. The first-order valence-corrected chi connectivity index (χ1v) is 7.61. The van der Waals surface area contributed by atoms with Crippen molar-refractivity contribution >= 4 is 21.7 Å². The molecule has 0 aliphatic heterocycles. The van der Waals surface area contributed by atoms with Gasteiger partial charge >= 0.3 is 0 Å². The maximum absolute atomic E-state index is 9.20. The van der Waals surface area contributed by atoms with Crippen LogP contribution in [0.2, 0.25) is 0 Å². The highest BCUT2D eigenvalue weighted by Gasteiger charge is 2.28. The Balaban J connectivity index is 2.16. The maximum Gasteiger partial charge on any atom is 0.135 e. The molecule has 0 amide bonds. The Kier molecular flexibility index (Phi) is 4.46. The van der Waals surface area contributed by atoms with Gasteiger partial charge in [-0.25, -0.2) is 9.97 Å². The van der Waals surface area contributed by atoms with Crippen molar-refractivity contribution in [2.45, 2.75) is 52.0 Å². The lowest BCUT2D eigenvalue weighted by molar-refractivity contribution is 0.235. The van der Waals surface area contributed by atoms with Crippen molar-refractivity contribution in [2.75, 3.05) is 11.9 Å². The predicted molar refractivity (Wildman–Crippen MR) is 80.3 cm³/mol. The lowest BCUT2D eigenvalue weighted by Crippen LogP contribution is -2.35. The molecule has 4 nitrogen and oxygen atoms in total. The average molecular weight is 328 g/mol. The number of aliphatic hydroxyl groups excluding tert-OH is 1. The van der Waals surface area contributed by atoms with Gasteiger partial charge in [-0.1, -0.05) is 20.8 Å². The third-order valence-electron chi connectivity index (χ3n) is 3.44. The summed E-state index contributed by atoms with van der Waals surface area (Å²) in [5.74, 6) is 2.30. The third kappa shape index (κ3) is 4.14. The second kappa shape index (κ2) is 5.75. The standard InChI is InChI=1S/C14H22BrN3O/c1-14(2,3)10(6-7-19)16-12-8-11(15)17-13(18-12)9-4-5-9/h8-10,19H,4-7H2,1-3H3,(H,16,17,18). The first-order chi connectivity index (χ1) is 8.90. The molecule has 2 N–H and O–H groups in total. The number of aliphatic hydroxyl groups is 1. The topological polar surface area (TPSA) is 58.0 Å². The average Bonchev–Trinajstić information content (AvgIpc) is 3.10. The molecule has 1 aromatic rings. The zero-order valence-electron chi connectivity index (χ0n) is 11.8. The summed E-state index contributed by atoms with van der Waals surface area (Å²) in [5, 5.41) is 12.6. The number of nitrogens with zero attached hydrogens (tertiary/aromatic N) is 2. The Labute approximate surface area is 123 Å². The van der Waals surface area contributed by atoms with E-state index in [2.05, 4.69) is 52.0 Å². The van der Waals surface area contributed by atoms with E-state index in [4.69, 9.17) is 0 Å². The van der Waals surface area contributed by atoms with Crippen LogP contribution < -0.4 is 5.32 Å².